The Balaban J connectivity index is 1.69. The van der Waals surface area contributed by atoms with E-state index in [0.717, 1.165) is 27.7 Å². The number of anilines is 2. The second-order valence-electron chi connectivity index (χ2n) is 7.13. The number of nitrogens with zero attached hydrogens (tertiary/aromatic N) is 6. The second-order valence-corrected chi connectivity index (χ2v) is 9.12. The van der Waals surface area contributed by atoms with Crippen LogP contribution in [0.3, 0.4) is 0 Å². The first-order valence-corrected chi connectivity index (χ1v) is 11.2. The Morgan fingerprint density at radius 2 is 1.81 bits per heavy atom. The fourth-order valence-corrected chi connectivity index (χ4v) is 4.33. The predicted molar refractivity (Wildman–Crippen MR) is 118 cm³/mol. The van der Waals surface area contributed by atoms with Crippen LogP contribution in [-0.4, -0.2) is 44.6 Å². The van der Waals surface area contributed by atoms with Gasteiger partial charge in [-0.2, -0.15) is 0 Å². The average molecular weight is 431 g/mol. The Kier molecular flexibility index (Phi) is 4.36. The molecule has 154 valence electrons. The van der Waals surface area contributed by atoms with E-state index < -0.39 is 9.84 Å². The molecule has 0 unspecified atom stereocenters. The molecule has 9 nitrogen and oxygen atoms in total. The van der Waals surface area contributed by atoms with Gasteiger partial charge >= 0.3 is 0 Å². The fourth-order valence-electron chi connectivity index (χ4n) is 3.52. The van der Waals surface area contributed by atoms with Gasteiger partial charge in [0.25, 0.3) is 0 Å². The zero-order valence-corrected chi connectivity index (χ0v) is 17.5. The zero-order chi connectivity index (χ0) is 21.6. The largest absolute Gasteiger partial charge is 0.353 e. The molecule has 31 heavy (non-hydrogen) atoms. The Labute approximate surface area is 177 Å². The van der Waals surface area contributed by atoms with Crippen LogP contribution in [0.4, 0.5) is 11.4 Å². The summed E-state index contributed by atoms with van der Waals surface area (Å²) < 4.78 is 26.1. The maximum absolute atomic E-state index is 12.2. The number of hydrogen-bond donors (Lipinski definition) is 1. The highest BCUT2D eigenvalue weighted by molar-refractivity contribution is 7.90. The monoisotopic (exact) mass is 431 g/mol. The van der Waals surface area contributed by atoms with Gasteiger partial charge in [-0.05, 0) is 35.9 Å². The van der Waals surface area contributed by atoms with Gasteiger partial charge in [0.15, 0.2) is 9.84 Å². The van der Waals surface area contributed by atoms with Gasteiger partial charge < -0.3 is 5.32 Å². The van der Waals surface area contributed by atoms with Crippen molar-refractivity contribution in [1.29, 1.82) is 0 Å². The SMILES string of the molecule is Cn1nnc2ccc(-c3cc(Nc4cnccc4S(C)(=O)=O)cc4nccnc34)cc21. The van der Waals surface area contributed by atoms with E-state index in [2.05, 4.69) is 30.6 Å². The van der Waals surface area contributed by atoms with Crippen molar-refractivity contribution in [2.75, 3.05) is 11.6 Å². The highest BCUT2D eigenvalue weighted by atomic mass is 32.2. The van der Waals surface area contributed by atoms with Gasteiger partial charge in [-0.25, -0.2) is 13.1 Å². The van der Waals surface area contributed by atoms with Crippen LogP contribution in [0.25, 0.3) is 33.2 Å². The molecule has 0 aliphatic carbocycles. The Hall–Kier alpha value is -3.92. The Bertz CT molecular complexity index is 1560. The number of aryl methyl sites for hydroxylation is 1. The van der Waals surface area contributed by atoms with Gasteiger partial charge in [0.1, 0.15) is 5.52 Å². The topological polar surface area (TPSA) is 116 Å². The van der Waals surface area contributed by atoms with Crippen molar-refractivity contribution >= 4 is 43.3 Å². The number of nitrogens with one attached hydrogen (secondary N) is 1. The predicted octanol–water partition coefficient (Wildman–Crippen LogP) is 3.12. The summed E-state index contributed by atoms with van der Waals surface area (Å²) in [5.41, 5.74) is 5.92. The molecule has 5 rings (SSSR count). The van der Waals surface area contributed by atoms with Crippen LogP contribution in [0, 0.1) is 0 Å². The molecule has 0 fully saturated rings. The summed E-state index contributed by atoms with van der Waals surface area (Å²) in [5.74, 6) is 0. The first-order chi connectivity index (χ1) is 14.9. The van der Waals surface area contributed by atoms with Crippen LogP contribution in [0.2, 0.25) is 0 Å². The molecule has 0 radical (unpaired) electrons. The van der Waals surface area contributed by atoms with E-state index >= 15 is 0 Å². The highest BCUT2D eigenvalue weighted by Gasteiger charge is 2.15. The lowest BCUT2D eigenvalue weighted by molar-refractivity contribution is 0.602. The van der Waals surface area contributed by atoms with Crippen LogP contribution >= 0.6 is 0 Å². The molecule has 0 spiro atoms. The second kappa shape index (κ2) is 7.10. The van der Waals surface area contributed by atoms with Gasteiger partial charge in [-0.15, -0.1) is 5.10 Å². The molecule has 0 aliphatic rings. The first-order valence-electron chi connectivity index (χ1n) is 9.36. The molecule has 2 aromatic carbocycles. The molecule has 5 aromatic rings. The molecule has 3 heterocycles. The van der Waals surface area contributed by atoms with Gasteiger partial charge in [-0.1, -0.05) is 11.3 Å². The number of fused-ring (bicyclic) bond motifs is 2. The minimum Gasteiger partial charge on any atom is -0.353 e. The number of pyridine rings is 1. The summed E-state index contributed by atoms with van der Waals surface area (Å²) in [5, 5.41) is 11.4. The Morgan fingerprint density at radius 3 is 2.65 bits per heavy atom. The zero-order valence-electron chi connectivity index (χ0n) is 16.7. The summed E-state index contributed by atoms with van der Waals surface area (Å²) in [6.07, 6.45) is 7.38. The molecule has 0 saturated carbocycles. The van der Waals surface area contributed by atoms with Gasteiger partial charge in [0, 0.05) is 43.1 Å². The third-order valence-electron chi connectivity index (χ3n) is 4.95. The molecule has 10 heteroatoms. The van der Waals surface area contributed by atoms with Crippen LogP contribution < -0.4 is 5.32 Å². The molecule has 0 atom stereocenters. The molecule has 3 aromatic heterocycles. The van der Waals surface area contributed by atoms with E-state index in [-0.39, 0.29) is 4.90 Å². The molecular weight excluding hydrogens is 414 g/mol. The van der Waals surface area contributed by atoms with E-state index in [1.165, 1.54) is 24.7 Å². The van der Waals surface area contributed by atoms with Crippen molar-refractivity contribution in [2.45, 2.75) is 4.90 Å². The minimum atomic E-state index is -3.43. The van der Waals surface area contributed by atoms with Gasteiger partial charge in [0.05, 0.1) is 33.3 Å². The van der Waals surface area contributed by atoms with Crippen molar-refractivity contribution in [2.24, 2.45) is 7.05 Å². The molecule has 0 saturated heterocycles. The highest BCUT2D eigenvalue weighted by Crippen LogP contribution is 2.33. The summed E-state index contributed by atoms with van der Waals surface area (Å²) in [6, 6.07) is 11.1. The van der Waals surface area contributed by atoms with Crippen LogP contribution in [0.15, 0.2) is 66.1 Å². The third kappa shape index (κ3) is 3.46. The summed E-state index contributed by atoms with van der Waals surface area (Å²) in [4.78, 5) is 13.2. The number of sulfone groups is 1. The standard InChI is InChI=1S/C21H17N7O2S/c1-28-19-9-13(3-4-16(19)26-27-28)15-10-14(11-17-21(15)24-8-7-23-17)25-18-12-22-6-5-20(18)31(2,29)30/h3-12,25H,1-2H3. The molecule has 0 amide bonds. The summed E-state index contributed by atoms with van der Waals surface area (Å²) in [6.45, 7) is 0. The minimum absolute atomic E-state index is 0.172. The lowest BCUT2D eigenvalue weighted by Crippen LogP contribution is -2.03. The number of benzene rings is 2. The van der Waals surface area contributed by atoms with Crippen LogP contribution in [-0.2, 0) is 16.9 Å². The molecule has 0 aliphatic heterocycles. The normalized spacial score (nSPS) is 11.8. The van der Waals surface area contributed by atoms with Gasteiger partial charge in [0.2, 0.25) is 0 Å². The summed E-state index contributed by atoms with van der Waals surface area (Å²) >= 11 is 0. The Morgan fingerprint density at radius 1 is 0.968 bits per heavy atom. The lowest BCUT2D eigenvalue weighted by Gasteiger charge is -2.13. The van der Waals surface area contributed by atoms with Crippen molar-refractivity contribution in [3.8, 4) is 11.1 Å². The van der Waals surface area contributed by atoms with E-state index in [9.17, 15) is 8.42 Å². The molecule has 1 N–H and O–H groups in total. The van der Waals surface area contributed by atoms with Crippen LogP contribution in [0.1, 0.15) is 0 Å². The van der Waals surface area contributed by atoms with Crippen LogP contribution in [0.5, 0.6) is 0 Å². The van der Waals surface area contributed by atoms with E-state index in [1.807, 2.05) is 37.4 Å². The van der Waals surface area contributed by atoms with Crippen molar-refractivity contribution < 1.29 is 8.42 Å². The summed E-state index contributed by atoms with van der Waals surface area (Å²) in [7, 11) is -1.59. The molecular formula is C21H17N7O2S. The quantitative estimate of drug-likeness (QED) is 0.461. The lowest BCUT2D eigenvalue weighted by atomic mass is 10.0. The third-order valence-corrected chi connectivity index (χ3v) is 6.11. The van der Waals surface area contributed by atoms with E-state index in [4.69, 9.17) is 0 Å². The molecule has 0 bridgehead atoms. The fraction of sp³-hybridized carbons (Fsp3) is 0.0952. The maximum Gasteiger partial charge on any atom is 0.177 e. The number of rotatable bonds is 4. The smallest absolute Gasteiger partial charge is 0.177 e. The van der Waals surface area contributed by atoms with E-state index in [0.29, 0.717) is 16.9 Å². The van der Waals surface area contributed by atoms with Crippen molar-refractivity contribution in [1.82, 2.24) is 29.9 Å². The van der Waals surface area contributed by atoms with E-state index in [1.54, 1.807) is 17.1 Å². The average Bonchev–Trinajstić information content (AvgIpc) is 3.13. The first kappa shape index (κ1) is 19.1. The number of aromatic nitrogens is 6. The van der Waals surface area contributed by atoms with Gasteiger partial charge in [-0.3, -0.25) is 15.0 Å². The van der Waals surface area contributed by atoms with Crippen molar-refractivity contribution in [3.05, 3.63) is 61.2 Å². The maximum atomic E-state index is 12.2. The number of hydrogen-bond acceptors (Lipinski definition) is 8. The van der Waals surface area contributed by atoms with Crippen molar-refractivity contribution in [3.63, 3.8) is 0 Å².